The molecule has 0 saturated heterocycles. The fourth-order valence-electron chi connectivity index (χ4n) is 4.87. The van der Waals surface area contributed by atoms with Gasteiger partial charge in [0.25, 0.3) is 0 Å². The second-order valence-electron chi connectivity index (χ2n) is 8.13. The first-order valence-electron chi connectivity index (χ1n) is 10.8. The van der Waals surface area contributed by atoms with Crippen LogP contribution in [0.4, 0.5) is 0 Å². The molecule has 0 aliphatic rings. The lowest BCUT2D eigenvalue weighted by molar-refractivity contribution is 1.22. The largest absolute Gasteiger partial charge is 0.0813 e. The first-order valence-corrected chi connectivity index (χ1v) is 10.8. The zero-order valence-corrected chi connectivity index (χ0v) is 17.9. The maximum Gasteiger partial charge on any atom is -0.00262 e. The van der Waals surface area contributed by atoms with Crippen molar-refractivity contribution in [3.8, 4) is 11.1 Å². The van der Waals surface area contributed by atoms with Crippen molar-refractivity contribution in [2.75, 3.05) is 0 Å². The van der Waals surface area contributed by atoms with Crippen LogP contribution in [0, 0.1) is 6.92 Å². The normalized spacial score (nSPS) is 12.2. The number of hydrogen-bond donors (Lipinski definition) is 0. The van der Waals surface area contributed by atoms with Crippen LogP contribution < -0.4 is 0 Å². The molecular weight excluding hydrogens is 360 g/mol. The zero-order valence-electron chi connectivity index (χ0n) is 17.9. The number of allylic oxidation sites excluding steroid dienone is 2. The fraction of sp³-hybridized carbons (Fsp3) is 0.133. The molecule has 0 amide bonds. The summed E-state index contributed by atoms with van der Waals surface area (Å²) in [7, 11) is 0. The SMILES string of the molecule is CC/C=C(\C)c1cccc2c(-c3ccc4ccccc4c3)c3ccccc3c(C)c12. The maximum absolute atomic E-state index is 2.34. The van der Waals surface area contributed by atoms with Crippen LogP contribution in [0.5, 0.6) is 0 Å². The predicted octanol–water partition coefficient (Wildman–Crippen LogP) is 8.93. The highest BCUT2D eigenvalue weighted by atomic mass is 14.2. The predicted molar refractivity (Wildman–Crippen MR) is 133 cm³/mol. The highest BCUT2D eigenvalue weighted by Crippen LogP contribution is 2.42. The Bertz CT molecular complexity index is 1430. The Morgan fingerprint density at radius 3 is 2.23 bits per heavy atom. The number of aryl methyl sites for hydroxylation is 1. The van der Waals surface area contributed by atoms with E-state index in [0.29, 0.717) is 0 Å². The van der Waals surface area contributed by atoms with Gasteiger partial charge >= 0.3 is 0 Å². The summed E-state index contributed by atoms with van der Waals surface area (Å²) in [6.45, 7) is 6.72. The molecule has 5 aromatic rings. The van der Waals surface area contributed by atoms with E-state index in [1.165, 1.54) is 60.1 Å². The standard InChI is InChI=1S/C30H26/c1-4-10-20(2)25-15-9-16-28-29(25)21(3)26-13-7-8-14-27(26)30(28)24-18-17-22-11-5-6-12-23(22)19-24/h5-19H,4H2,1-3H3/b20-10+. The minimum Gasteiger partial charge on any atom is -0.0813 e. The molecule has 30 heavy (non-hydrogen) atoms. The van der Waals surface area contributed by atoms with Crippen molar-refractivity contribution in [3.63, 3.8) is 0 Å². The monoisotopic (exact) mass is 386 g/mol. The quantitative estimate of drug-likeness (QED) is 0.271. The molecule has 0 heterocycles. The molecule has 0 spiro atoms. The van der Waals surface area contributed by atoms with Crippen LogP contribution in [0.3, 0.4) is 0 Å². The van der Waals surface area contributed by atoms with Gasteiger partial charge in [0.15, 0.2) is 0 Å². The number of benzene rings is 5. The van der Waals surface area contributed by atoms with Crippen LogP contribution >= 0.6 is 0 Å². The molecule has 0 saturated carbocycles. The average molecular weight is 387 g/mol. The molecule has 0 bridgehead atoms. The Morgan fingerprint density at radius 1 is 0.733 bits per heavy atom. The molecule has 0 aliphatic carbocycles. The van der Waals surface area contributed by atoms with Gasteiger partial charge in [-0.05, 0) is 86.5 Å². The third kappa shape index (κ3) is 2.92. The summed E-state index contributed by atoms with van der Waals surface area (Å²) in [5.41, 5.74) is 6.68. The van der Waals surface area contributed by atoms with E-state index in [0.717, 1.165) is 6.42 Å². The van der Waals surface area contributed by atoms with Crippen molar-refractivity contribution in [2.24, 2.45) is 0 Å². The van der Waals surface area contributed by atoms with E-state index < -0.39 is 0 Å². The van der Waals surface area contributed by atoms with E-state index in [-0.39, 0.29) is 0 Å². The Kier molecular flexibility index (Phi) is 4.64. The summed E-state index contributed by atoms with van der Waals surface area (Å²) < 4.78 is 0. The lowest BCUT2D eigenvalue weighted by atomic mass is 9.85. The molecule has 0 heteroatoms. The van der Waals surface area contributed by atoms with Gasteiger partial charge in [-0.2, -0.15) is 0 Å². The van der Waals surface area contributed by atoms with Gasteiger partial charge in [0, 0.05) is 0 Å². The topological polar surface area (TPSA) is 0 Å². The van der Waals surface area contributed by atoms with Gasteiger partial charge in [-0.1, -0.05) is 91.9 Å². The molecule has 146 valence electrons. The minimum absolute atomic E-state index is 1.05. The Hall–Kier alpha value is -3.38. The van der Waals surface area contributed by atoms with Crippen molar-refractivity contribution in [1.29, 1.82) is 0 Å². The van der Waals surface area contributed by atoms with Crippen LogP contribution in [0.25, 0.3) is 49.0 Å². The fourth-order valence-corrected chi connectivity index (χ4v) is 4.87. The summed E-state index contributed by atoms with van der Waals surface area (Å²) >= 11 is 0. The first-order chi connectivity index (χ1) is 14.7. The van der Waals surface area contributed by atoms with Crippen LogP contribution in [-0.4, -0.2) is 0 Å². The molecule has 0 fully saturated rings. The molecule has 0 N–H and O–H groups in total. The lowest BCUT2D eigenvalue weighted by Gasteiger charge is -2.18. The van der Waals surface area contributed by atoms with Gasteiger partial charge in [0.2, 0.25) is 0 Å². The van der Waals surface area contributed by atoms with Crippen LogP contribution in [0.1, 0.15) is 31.4 Å². The number of fused-ring (bicyclic) bond motifs is 3. The smallest absolute Gasteiger partial charge is 0.00262 e. The number of rotatable bonds is 3. The van der Waals surface area contributed by atoms with E-state index >= 15 is 0 Å². The molecule has 5 rings (SSSR count). The number of hydrogen-bond acceptors (Lipinski definition) is 0. The average Bonchev–Trinajstić information content (AvgIpc) is 2.79. The second kappa shape index (κ2) is 7.46. The Balaban J connectivity index is 1.96. The highest BCUT2D eigenvalue weighted by molar-refractivity contribution is 6.17. The Labute approximate surface area is 178 Å². The third-order valence-electron chi connectivity index (χ3n) is 6.28. The van der Waals surface area contributed by atoms with Crippen molar-refractivity contribution in [2.45, 2.75) is 27.2 Å². The van der Waals surface area contributed by atoms with Gasteiger partial charge in [-0.25, -0.2) is 0 Å². The van der Waals surface area contributed by atoms with Gasteiger partial charge in [0.1, 0.15) is 0 Å². The third-order valence-corrected chi connectivity index (χ3v) is 6.28. The zero-order chi connectivity index (χ0) is 20.7. The van der Waals surface area contributed by atoms with Gasteiger partial charge in [-0.15, -0.1) is 0 Å². The van der Waals surface area contributed by atoms with Crippen molar-refractivity contribution >= 4 is 37.9 Å². The van der Waals surface area contributed by atoms with E-state index in [1.54, 1.807) is 0 Å². The molecule has 0 radical (unpaired) electrons. The van der Waals surface area contributed by atoms with E-state index in [4.69, 9.17) is 0 Å². The van der Waals surface area contributed by atoms with Crippen molar-refractivity contribution in [3.05, 3.63) is 102 Å². The maximum atomic E-state index is 2.34. The Morgan fingerprint density at radius 2 is 1.43 bits per heavy atom. The molecule has 0 aliphatic heterocycles. The molecule has 0 unspecified atom stereocenters. The summed E-state index contributed by atoms with van der Waals surface area (Å²) in [5.74, 6) is 0. The van der Waals surface area contributed by atoms with E-state index in [1.807, 2.05) is 0 Å². The van der Waals surface area contributed by atoms with Crippen LogP contribution in [0.15, 0.2) is 91.0 Å². The minimum atomic E-state index is 1.05. The summed E-state index contributed by atoms with van der Waals surface area (Å²) in [6.07, 6.45) is 3.38. The highest BCUT2D eigenvalue weighted by Gasteiger charge is 2.16. The van der Waals surface area contributed by atoms with E-state index in [9.17, 15) is 0 Å². The van der Waals surface area contributed by atoms with Gasteiger partial charge < -0.3 is 0 Å². The molecular formula is C30H26. The molecule has 0 nitrogen and oxygen atoms in total. The molecule has 0 atom stereocenters. The van der Waals surface area contributed by atoms with Gasteiger partial charge in [0.05, 0.1) is 0 Å². The summed E-state index contributed by atoms with van der Waals surface area (Å²) in [4.78, 5) is 0. The molecule has 0 aromatic heterocycles. The summed E-state index contributed by atoms with van der Waals surface area (Å²) in [6, 6.07) is 31.1. The molecule has 5 aromatic carbocycles. The lowest BCUT2D eigenvalue weighted by Crippen LogP contribution is -1.93. The van der Waals surface area contributed by atoms with Crippen LogP contribution in [0.2, 0.25) is 0 Å². The van der Waals surface area contributed by atoms with Crippen molar-refractivity contribution < 1.29 is 0 Å². The van der Waals surface area contributed by atoms with Crippen molar-refractivity contribution in [1.82, 2.24) is 0 Å². The second-order valence-corrected chi connectivity index (χ2v) is 8.13. The van der Waals surface area contributed by atoms with Crippen LogP contribution in [-0.2, 0) is 0 Å². The van der Waals surface area contributed by atoms with E-state index in [2.05, 4.69) is 112 Å². The van der Waals surface area contributed by atoms with Gasteiger partial charge in [-0.3, -0.25) is 0 Å². The first kappa shape index (κ1) is 18.6. The summed E-state index contributed by atoms with van der Waals surface area (Å²) in [5, 5.41) is 7.94.